The van der Waals surface area contributed by atoms with Crippen LogP contribution in [0.2, 0.25) is 0 Å². The van der Waals surface area contributed by atoms with Gasteiger partial charge in [-0.25, -0.2) is 4.98 Å². The molecule has 0 atom stereocenters. The van der Waals surface area contributed by atoms with E-state index in [1.807, 2.05) is 53.4 Å². The predicted molar refractivity (Wildman–Crippen MR) is 123 cm³/mol. The molecule has 32 heavy (non-hydrogen) atoms. The Balaban J connectivity index is 1.48. The minimum atomic E-state index is 0.0558. The molecule has 2 N–H and O–H groups in total. The molecule has 0 saturated carbocycles. The van der Waals surface area contributed by atoms with E-state index in [4.69, 9.17) is 10.5 Å². The molecule has 1 aliphatic heterocycles. The van der Waals surface area contributed by atoms with Crippen molar-refractivity contribution in [3.05, 3.63) is 77.5 Å². The maximum absolute atomic E-state index is 12.8. The van der Waals surface area contributed by atoms with E-state index in [-0.39, 0.29) is 18.3 Å². The lowest BCUT2D eigenvalue weighted by atomic mass is 10.0. The van der Waals surface area contributed by atoms with Crippen molar-refractivity contribution in [2.45, 2.75) is 6.61 Å². The molecule has 2 aromatic carbocycles. The van der Waals surface area contributed by atoms with Crippen molar-refractivity contribution in [2.75, 3.05) is 39.0 Å². The van der Waals surface area contributed by atoms with E-state index in [0.717, 1.165) is 42.9 Å². The Morgan fingerprint density at radius 3 is 2.53 bits per heavy atom. The topological polar surface area (TPSA) is 95.5 Å². The fourth-order valence-corrected chi connectivity index (χ4v) is 3.64. The summed E-state index contributed by atoms with van der Waals surface area (Å²) in [6, 6.07) is 18.8. The first kappa shape index (κ1) is 21.3. The summed E-state index contributed by atoms with van der Waals surface area (Å²) in [7, 11) is 2.07. The minimum Gasteiger partial charge on any atom is -0.485 e. The largest absolute Gasteiger partial charge is 0.485 e. The summed E-state index contributed by atoms with van der Waals surface area (Å²) in [4.78, 5) is 21.1. The van der Waals surface area contributed by atoms with Crippen molar-refractivity contribution in [3.8, 4) is 22.9 Å². The number of benzene rings is 2. The molecule has 1 saturated heterocycles. The summed E-state index contributed by atoms with van der Waals surface area (Å²) in [6.45, 7) is 3.49. The van der Waals surface area contributed by atoms with Crippen LogP contribution >= 0.6 is 0 Å². The average molecular weight is 428 g/mol. The molecule has 2 heterocycles. The molecular weight excluding hydrogens is 402 g/mol. The number of nitrogen functional groups attached to an aromatic ring is 1. The van der Waals surface area contributed by atoms with Gasteiger partial charge in [0.2, 0.25) is 0 Å². The number of carbonyl (C=O) groups excluding carboxylic acids is 1. The monoisotopic (exact) mass is 427 g/mol. The number of nitriles is 1. The number of nitrogens with two attached hydrogens (primary N) is 1. The van der Waals surface area contributed by atoms with E-state index in [0.29, 0.717) is 16.9 Å². The van der Waals surface area contributed by atoms with Gasteiger partial charge in [0.15, 0.2) is 11.6 Å². The van der Waals surface area contributed by atoms with E-state index in [1.54, 1.807) is 12.3 Å². The lowest BCUT2D eigenvalue weighted by molar-refractivity contribution is 0.0664. The number of pyridine rings is 1. The van der Waals surface area contributed by atoms with E-state index < -0.39 is 0 Å². The molecule has 7 nitrogen and oxygen atoms in total. The van der Waals surface area contributed by atoms with Gasteiger partial charge in [0, 0.05) is 49.1 Å². The van der Waals surface area contributed by atoms with E-state index >= 15 is 0 Å². The van der Waals surface area contributed by atoms with Crippen LogP contribution in [-0.4, -0.2) is 53.9 Å². The lowest BCUT2D eigenvalue weighted by Gasteiger charge is -2.32. The van der Waals surface area contributed by atoms with E-state index in [1.165, 1.54) is 0 Å². The van der Waals surface area contributed by atoms with Crippen LogP contribution in [0, 0.1) is 11.3 Å². The van der Waals surface area contributed by atoms with Crippen molar-refractivity contribution in [1.29, 1.82) is 5.26 Å². The van der Waals surface area contributed by atoms with Gasteiger partial charge in [0.05, 0.1) is 11.6 Å². The summed E-state index contributed by atoms with van der Waals surface area (Å²) in [5.74, 6) is 0.790. The van der Waals surface area contributed by atoms with Gasteiger partial charge in [0.25, 0.3) is 5.91 Å². The second-order valence-corrected chi connectivity index (χ2v) is 7.84. The van der Waals surface area contributed by atoms with Gasteiger partial charge in [-0.15, -0.1) is 0 Å². The normalized spacial score (nSPS) is 14.1. The Labute approximate surface area is 187 Å². The Hall–Kier alpha value is -3.89. The number of hydrogen-bond acceptors (Lipinski definition) is 6. The first-order valence-electron chi connectivity index (χ1n) is 10.5. The molecule has 0 aliphatic carbocycles. The van der Waals surface area contributed by atoms with Crippen LogP contribution in [0.3, 0.4) is 0 Å². The van der Waals surface area contributed by atoms with Crippen LogP contribution in [0.5, 0.6) is 5.75 Å². The number of ether oxygens (including phenoxy) is 1. The highest BCUT2D eigenvalue weighted by Gasteiger charge is 2.20. The third-order valence-corrected chi connectivity index (χ3v) is 5.66. The summed E-state index contributed by atoms with van der Waals surface area (Å²) in [5, 5.41) is 9.25. The molecule has 1 amide bonds. The number of piperazine rings is 1. The van der Waals surface area contributed by atoms with Crippen LogP contribution in [0.1, 0.15) is 21.5 Å². The summed E-state index contributed by atoms with van der Waals surface area (Å²) >= 11 is 0. The number of likely N-dealkylation sites (N-methyl/N-ethyl adjacent to an activating group) is 1. The zero-order valence-corrected chi connectivity index (χ0v) is 18.0. The third-order valence-electron chi connectivity index (χ3n) is 5.66. The molecule has 4 rings (SSSR count). The molecule has 1 aliphatic rings. The molecule has 162 valence electrons. The number of hydrogen-bond donors (Lipinski definition) is 1. The smallest absolute Gasteiger partial charge is 0.253 e. The highest BCUT2D eigenvalue weighted by molar-refractivity contribution is 5.94. The standard InChI is InChI=1S/C25H25N5O2/c1-29-10-12-30(13-11-29)25(31)19-8-6-18(7-9-19)22-14-23(24(27)28-16-22)32-17-21-5-3-2-4-20(21)15-26/h2-9,14,16H,10-13,17H2,1H3,(H2,27,28). The second kappa shape index (κ2) is 9.50. The number of amides is 1. The molecule has 7 heteroatoms. The molecule has 1 fully saturated rings. The molecule has 1 aromatic heterocycles. The molecule has 3 aromatic rings. The average Bonchev–Trinajstić information content (AvgIpc) is 2.84. The zero-order chi connectivity index (χ0) is 22.5. The second-order valence-electron chi connectivity index (χ2n) is 7.84. The fourth-order valence-electron chi connectivity index (χ4n) is 3.64. The number of rotatable bonds is 5. The van der Waals surface area contributed by atoms with Gasteiger partial charge < -0.3 is 20.3 Å². The Morgan fingerprint density at radius 2 is 1.81 bits per heavy atom. The van der Waals surface area contributed by atoms with Crippen LogP contribution < -0.4 is 10.5 Å². The van der Waals surface area contributed by atoms with Crippen molar-refractivity contribution < 1.29 is 9.53 Å². The van der Waals surface area contributed by atoms with Crippen LogP contribution in [-0.2, 0) is 6.61 Å². The minimum absolute atomic E-state index is 0.0558. The van der Waals surface area contributed by atoms with Gasteiger partial charge in [-0.05, 0) is 36.9 Å². The maximum Gasteiger partial charge on any atom is 0.253 e. The zero-order valence-electron chi connectivity index (χ0n) is 18.0. The Morgan fingerprint density at radius 1 is 1.09 bits per heavy atom. The van der Waals surface area contributed by atoms with Crippen molar-refractivity contribution >= 4 is 11.7 Å². The van der Waals surface area contributed by atoms with Crippen LogP contribution in [0.25, 0.3) is 11.1 Å². The molecular formula is C25H25N5O2. The Kier molecular flexibility index (Phi) is 6.34. The third kappa shape index (κ3) is 4.71. The number of carbonyl (C=O) groups is 1. The Bertz CT molecular complexity index is 1150. The fraction of sp³-hybridized carbons (Fsp3) is 0.240. The van der Waals surface area contributed by atoms with Crippen molar-refractivity contribution in [3.63, 3.8) is 0 Å². The van der Waals surface area contributed by atoms with Gasteiger partial charge in [-0.3, -0.25) is 4.79 Å². The maximum atomic E-state index is 12.8. The highest BCUT2D eigenvalue weighted by Crippen LogP contribution is 2.28. The van der Waals surface area contributed by atoms with Gasteiger partial charge in [0.1, 0.15) is 6.61 Å². The number of nitrogens with zero attached hydrogens (tertiary/aromatic N) is 4. The van der Waals surface area contributed by atoms with Crippen LogP contribution in [0.4, 0.5) is 5.82 Å². The van der Waals surface area contributed by atoms with Gasteiger partial charge in [-0.2, -0.15) is 5.26 Å². The molecule has 0 radical (unpaired) electrons. The van der Waals surface area contributed by atoms with Gasteiger partial charge in [-0.1, -0.05) is 30.3 Å². The first-order chi connectivity index (χ1) is 15.5. The lowest BCUT2D eigenvalue weighted by Crippen LogP contribution is -2.47. The van der Waals surface area contributed by atoms with E-state index in [2.05, 4.69) is 23.0 Å². The van der Waals surface area contributed by atoms with Crippen molar-refractivity contribution in [2.24, 2.45) is 0 Å². The molecule has 0 bridgehead atoms. The molecule has 0 unspecified atom stereocenters. The molecule has 0 spiro atoms. The van der Waals surface area contributed by atoms with Crippen molar-refractivity contribution in [1.82, 2.24) is 14.8 Å². The number of aromatic nitrogens is 1. The van der Waals surface area contributed by atoms with Gasteiger partial charge >= 0.3 is 0 Å². The first-order valence-corrected chi connectivity index (χ1v) is 10.5. The van der Waals surface area contributed by atoms with E-state index in [9.17, 15) is 10.1 Å². The summed E-state index contributed by atoms with van der Waals surface area (Å²) in [5.41, 5.74) is 9.77. The SMILES string of the molecule is CN1CCN(C(=O)c2ccc(-c3cnc(N)c(OCc4ccccc4C#N)c3)cc2)CC1. The van der Waals surface area contributed by atoms with Crippen LogP contribution in [0.15, 0.2) is 60.8 Å². The summed E-state index contributed by atoms with van der Waals surface area (Å²) in [6.07, 6.45) is 1.68. The highest BCUT2D eigenvalue weighted by atomic mass is 16.5. The predicted octanol–water partition coefficient (Wildman–Crippen LogP) is 3.17. The summed E-state index contributed by atoms with van der Waals surface area (Å²) < 4.78 is 5.87. The quantitative estimate of drug-likeness (QED) is 0.672. The number of anilines is 1.